The van der Waals surface area contributed by atoms with E-state index in [9.17, 15) is 4.79 Å². The number of aromatic nitrogens is 1. The van der Waals surface area contributed by atoms with Gasteiger partial charge in [-0.3, -0.25) is 9.69 Å². The van der Waals surface area contributed by atoms with Crippen LogP contribution in [0.3, 0.4) is 0 Å². The highest BCUT2D eigenvalue weighted by atomic mass is 32.2. The number of thioether (sulfide) groups is 1. The van der Waals surface area contributed by atoms with E-state index in [-0.39, 0.29) is 5.92 Å². The molecule has 1 amide bonds. The Balaban J connectivity index is 1.45. The van der Waals surface area contributed by atoms with Crippen LogP contribution in [0.1, 0.15) is 11.5 Å². The van der Waals surface area contributed by atoms with Gasteiger partial charge in [0.2, 0.25) is 5.91 Å². The van der Waals surface area contributed by atoms with Crippen molar-refractivity contribution in [2.24, 2.45) is 5.92 Å². The van der Waals surface area contributed by atoms with Gasteiger partial charge in [-0.1, -0.05) is 5.16 Å². The lowest BCUT2D eigenvalue weighted by molar-refractivity contribution is -0.141. The molecule has 0 bridgehead atoms. The van der Waals surface area contributed by atoms with Crippen molar-refractivity contribution in [3.05, 3.63) is 17.5 Å². The van der Waals surface area contributed by atoms with Gasteiger partial charge in [-0.25, -0.2) is 0 Å². The lowest BCUT2D eigenvalue weighted by atomic mass is 9.98. The Kier molecular flexibility index (Phi) is 3.79. The number of carbonyl (C=O) groups is 1. The molecule has 0 saturated carbocycles. The van der Waals surface area contributed by atoms with Crippen LogP contribution in [0.4, 0.5) is 0 Å². The average molecular weight is 281 g/mol. The Morgan fingerprint density at radius 1 is 1.47 bits per heavy atom. The molecule has 1 aromatic heterocycles. The van der Waals surface area contributed by atoms with Gasteiger partial charge in [0.1, 0.15) is 0 Å². The van der Waals surface area contributed by atoms with Crippen LogP contribution in [0.2, 0.25) is 0 Å². The molecule has 2 fully saturated rings. The summed E-state index contributed by atoms with van der Waals surface area (Å²) in [5.74, 6) is 3.58. The highest BCUT2D eigenvalue weighted by Gasteiger charge is 2.35. The van der Waals surface area contributed by atoms with Gasteiger partial charge in [0.15, 0.2) is 5.76 Å². The first-order chi connectivity index (χ1) is 9.22. The molecule has 0 aliphatic carbocycles. The molecule has 2 aliphatic rings. The quantitative estimate of drug-likeness (QED) is 0.827. The minimum absolute atomic E-state index is 0.187. The van der Waals surface area contributed by atoms with Crippen molar-refractivity contribution in [1.29, 1.82) is 0 Å². The Morgan fingerprint density at radius 3 is 2.84 bits per heavy atom. The molecule has 0 aromatic carbocycles. The summed E-state index contributed by atoms with van der Waals surface area (Å²) in [4.78, 5) is 16.5. The largest absolute Gasteiger partial charge is 0.360 e. The van der Waals surface area contributed by atoms with E-state index in [1.54, 1.807) is 0 Å². The predicted molar refractivity (Wildman–Crippen MR) is 73.9 cm³/mol. The Hall–Kier alpha value is -1.01. The summed E-state index contributed by atoms with van der Waals surface area (Å²) in [6.45, 7) is 6.22. The third-order valence-electron chi connectivity index (χ3n) is 3.69. The standard InChI is InChI=1S/C13H19N3O2S/c1-10-6-12(18-14-10)9-15-7-11(8-15)13(17)16-2-4-19-5-3-16/h6,11H,2-5,7-9H2,1H3. The second-order valence-electron chi connectivity index (χ2n) is 5.26. The normalized spacial score (nSPS) is 21.4. The fourth-order valence-electron chi connectivity index (χ4n) is 2.61. The van der Waals surface area contributed by atoms with Crippen LogP contribution < -0.4 is 0 Å². The van der Waals surface area contributed by atoms with Crippen LogP contribution in [0, 0.1) is 12.8 Å². The van der Waals surface area contributed by atoms with Crippen LogP contribution in [0.5, 0.6) is 0 Å². The first-order valence-corrected chi connectivity index (χ1v) is 7.89. The summed E-state index contributed by atoms with van der Waals surface area (Å²) in [5, 5.41) is 3.88. The molecular formula is C13H19N3O2S. The van der Waals surface area contributed by atoms with E-state index in [1.807, 2.05) is 29.7 Å². The Morgan fingerprint density at radius 2 is 2.21 bits per heavy atom. The number of hydrogen-bond donors (Lipinski definition) is 0. The summed E-state index contributed by atoms with van der Waals surface area (Å²) in [7, 11) is 0. The van der Waals surface area contributed by atoms with Crippen molar-refractivity contribution in [3.8, 4) is 0 Å². The van der Waals surface area contributed by atoms with E-state index in [0.717, 1.165) is 55.7 Å². The van der Waals surface area contributed by atoms with E-state index < -0.39 is 0 Å². The lowest BCUT2D eigenvalue weighted by Gasteiger charge is -2.40. The predicted octanol–water partition coefficient (Wildman–Crippen LogP) is 0.990. The summed E-state index contributed by atoms with van der Waals surface area (Å²) < 4.78 is 5.19. The number of likely N-dealkylation sites (tertiary alicyclic amines) is 1. The lowest BCUT2D eigenvalue weighted by Crippen LogP contribution is -2.55. The highest BCUT2D eigenvalue weighted by molar-refractivity contribution is 7.99. The van der Waals surface area contributed by atoms with E-state index in [4.69, 9.17) is 4.52 Å². The number of rotatable bonds is 3. The summed E-state index contributed by atoms with van der Waals surface area (Å²) in [6, 6.07) is 1.96. The third-order valence-corrected chi connectivity index (χ3v) is 4.63. The molecule has 0 N–H and O–H groups in total. The van der Waals surface area contributed by atoms with Gasteiger partial charge < -0.3 is 9.42 Å². The molecule has 3 heterocycles. The molecule has 5 nitrogen and oxygen atoms in total. The number of aryl methyl sites for hydroxylation is 1. The first kappa shape index (κ1) is 13.0. The van der Waals surface area contributed by atoms with Crippen LogP contribution in [-0.2, 0) is 11.3 Å². The maximum atomic E-state index is 12.2. The van der Waals surface area contributed by atoms with E-state index in [0.29, 0.717) is 5.91 Å². The minimum Gasteiger partial charge on any atom is -0.360 e. The summed E-state index contributed by atoms with van der Waals surface area (Å²) in [6.07, 6.45) is 0. The van der Waals surface area contributed by atoms with Gasteiger partial charge in [0, 0.05) is 43.8 Å². The fourth-order valence-corrected chi connectivity index (χ4v) is 3.51. The maximum absolute atomic E-state index is 12.2. The maximum Gasteiger partial charge on any atom is 0.228 e. The number of hydrogen-bond acceptors (Lipinski definition) is 5. The average Bonchev–Trinajstić information content (AvgIpc) is 2.79. The van der Waals surface area contributed by atoms with Gasteiger partial charge in [-0.2, -0.15) is 11.8 Å². The number of nitrogens with zero attached hydrogens (tertiary/aromatic N) is 3. The molecule has 1 aromatic rings. The van der Waals surface area contributed by atoms with Crippen LogP contribution in [0.25, 0.3) is 0 Å². The molecule has 104 valence electrons. The van der Waals surface area contributed by atoms with Gasteiger partial charge in [0.05, 0.1) is 18.2 Å². The van der Waals surface area contributed by atoms with Crippen molar-refractivity contribution in [2.75, 3.05) is 37.7 Å². The second-order valence-corrected chi connectivity index (χ2v) is 6.49. The molecule has 0 radical (unpaired) electrons. The SMILES string of the molecule is Cc1cc(CN2CC(C(=O)N3CCSCC3)C2)on1. The monoisotopic (exact) mass is 281 g/mol. The summed E-state index contributed by atoms with van der Waals surface area (Å²) in [5.41, 5.74) is 0.911. The van der Waals surface area contributed by atoms with Gasteiger partial charge in [-0.15, -0.1) is 0 Å². The molecule has 3 rings (SSSR count). The van der Waals surface area contributed by atoms with E-state index in [2.05, 4.69) is 10.1 Å². The van der Waals surface area contributed by atoms with Crippen molar-refractivity contribution < 1.29 is 9.32 Å². The van der Waals surface area contributed by atoms with Crippen molar-refractivity contribution in [1.82, 2.24) is 15.0 Å². The zero-order valence-corrected chi connectivity index (χ0v) is 12.0. The molecular weight excluding hydrogens is 262 g/mol. The second kappa shape index (κ2) is 5.54. The molecule has 0 unspecified atom stereocenters. The van der Waals surface area contributed by atoms with Crippen molar-refractivity contribution in [2.45, 2.75) is 13.5 Å². The smallest absolute Gasteiger partial charge is 0.228 e. The van der Waals surface area contributed by atoms with E-state index in [1.165, 1.54) is 0 Å². The zero-order chi connectivity index (χ0) is 13.2. The Labute approximate surface area is 117 Å². The van der Waals surface area contributed by atoms with Crippen LogP contribution >= 0.6 is 11.8 Å². The first-order valence-electron chi connectivity index (χ1n) is 6.73. The third kappa shape index (κ3) is 2.95. The Bertz CT molecular complexity index is 450. The summed E-state index contributed by atoms with van der Waals surface area (Å²) >= 11 is 1.93. The zero-order valence-electron chi connectivity index (χ0n) is 11.2. The fraction of sp³-hybridized carbons (Fsp3) is 0.692. The molecule has 2 saturated heterocycles. The van der Waals surface area contributed by atoms with Gasteiger partial charge in [0.25, 0.3) is 0 Å². The van der Waals surface area contributed by atoms with Crippen LogP contribution in [-0.4, -0.2) is 58.5 Å². The molecule has 0 atom stereocenters. The minimum atomic E-state index is 0.187. The number of carbonyl (C=O) groups excluding carboxylic acids is 1. The molecule has 6 heteroatoms. The van der Waals surface area contributed by atoms with Gasteiger partial charge in [-0.05, 0) is 6.92 Å². The molecule has 0 spiro atoms. The molecule has 19 heavy (non-hydrogen) atoms. The topological polar surface area (TPSA) is 49.6 Å². The van der Waals surface area contributed by atoms with Crippen LogP contribution in [0.15, 0.2) is 10.6 Å². The highest BCUT2D eigenvalue weighted by Crippen LogP contribution is 2.22. The molecule has 2 aliphatic heterocycles. The van der Waals surface area contributed by atoms with Gasteiger partial charge >= 0.3 is 0 Å². The van der Waals surface area contributed by atoms with Crippen molar-refractivity contribution in [3.63, 3.8) is 0 Å². The van der Waals surface area contributed by atoms with E-state index >= 15 is 0 Å². The number of amides is 1. The van der Waals surface area contributed by atoms with Crippen molar-refractivity contribution >= 4 is 17.7 Å².